The quantitative estimate of drug-likeness (QED) is 0.505. The Labute approximate surface area is 194 Å². The molecule has 1 aromatic carbocycles. The van der Waals surface area contributed by atoms with Crippen LogP contribution in [-0.4, -0.2) is 53.8 Å². The second kappa shape index (κ2) is 8.60. The Morgan fingerprint density at radius 1 is 1.09 bits per heavy atom. The lowest BCUT2D eigenvalue weighted by Gasteiger charge is -2.35. The average Bonchev–Trinajstić information content (AvgIpc) is 3.22. The van der Waals surface area contributed by atoms with Gasteiger partial charge in [0.1, 0.15) is 5.78 Å². The third-order valence-corrected chi connectivity index (χ3v) is 9.18. The van der Waals surface area contributed by atoms with E-state index in [1.54, 1.807) is 0 Å². The first kappa shape index (κ1) is 24.0. The van der Waals surface area contributed by atoms with E-state index >= 15 is 0 Å². The molecule has 4 fully saturated rings. The Bertz CT molecular complexity index is 1030. The van der Waals surface area contributed by atoms with E-state index in [1.807, 2.05) is 44.2 Å². The summed E-state index contributed by atoms with van der Waals surface area (Å²) in [6.45, 7) is 5.12. The van der Waals surface area contributed by atoms with Crippen LogP contribution in [-0.2, 0) is 31.0 Å². The molecule has 2 saturated heterocycles. The number of imide groups is 1. The molecule has 4 atom stereocenters. The van der Waals surface area contributed by atoms with Crippen LogP contribution in [0, 0.1) is 22.7 Å². The van der Waals surface area contributed by atoms with Gasteiger partial charge < -0.3 is 5.32 Å². The first-order chi connectivity index (χ1) is 15.5. The van der Waals surface area contributed by atoms with E-state index in [0.717, 1.165) is 31.4 Å². The number of rotatable bonds is 4. The molecule has 0 spiro atoms. The number of amides is 2. The van der Waals surface area contributed by atoms with Crippen LogP contribution >= 0.6 is 0 Å². The highest BCUT2D eigenvalue weighted by Crippen LogP contribution is 2.64. The number of benzene rings is 1. The second-order valence-electron chi connectivity index (χ2n) is 10.3. The molecule has 0 radical (unpaired) electrons. The molecule has 2 saturated carbocycles. The topological polar surface area (TPSA) is 121 Å². The number of fused-ring (bicyclic) bond motifs is 3. The summed E-state index contributed by atoms with van der Waals surface area (Å²) in [7, 11) is -4.08. The van der Waals surface area contributed by atoms with Gasteiger partial charge in [0.25, 0.3) is 10.1 Å². The van der Waals surface area contributed by atoms with Crippen molar-refractivity contribution in [1.29, 1.82) is 0 Å². The fourth-order valence-electron chi connectivity index (χ4n) is 6.23. The van der Waals surface area contributed by atoms with Crippen molar-refractivity contribution in [1.82, 2.24) is 10.2 Å². The average molecular weight is 477 g/mol. The molecule has 180 valence electrons. The molecule has 2 heterocycles. The zero-order chi connectivity index (χ0) is 24.0. The Hall–Kier alpha value is -2.10. The Morgan fingerprint density at radius 3 is 2.33 bits per heavy atom. The van der Waals surface area contributed by atoms with Gasteiger partial charge in [0.05, 0.1) is 29.7 Å². The summed E-state index contributed by atoms with van der Waals surface area (Å²) in [4.78, 5) is 37.7. The highest BCUT2D eigenvalue weighted by Gasteiger charge is 2.65. The lowest BCUT2D eigenvalue weighted by atomic mass is 9.70. The zero-order valence-electron chi connectivity index (χ0n) is 19.1. The molecule has 5 rings (SSSR count). The maximum atomic E-state index is 12.2. The SMILES string of the molecule is CC1(C)C2CCC1(CS(=O)(=O)O)C(=O)C2.O=C1[C@H]2NCCC[C@H]2C(=O)N1Cc1ccccc1. The number of carbonyl (C=O) groups excluding carboxylic acids is 3. The Kier molecular flexibility index (Phi) is 6.26. The summed E-state index contributed by atoms with van der Waals surface area (Å²) in [6.07, 6.45) is 3.77. The number of hydrogen-bond donors (Lipinski definition) is 2. The molecule has 0 aromatic heterocycles. The van der Waals surface area contributed by atoms with Crippen LogP contribution in [0.25, 0.3) is 0 Å². The molecule has 4 aliphatic rings. The third kappa shape index (κ3) is 4.26. The fourth-order valence-corrected chi connectivity index (χ4v) is 7.53. The van der Waals surface area contributed by atoms with E-state index in [2.05, 4.69) is 5.32 Å². The van der Waals surface area contributed by atoms with Gasteiger partial charge in [0.15, 0.2) is 0 Å². The van der Waals surface area contributed by atoms with Crippen LogP contribution < -0.4 is 5.32 Å². The van der Waals surface area contributed by atoms with Gasteiger partial charge in [-0.2, -0.15) is 8.42 Å². The summed E-state index contributed by atoms with van der Waals surface area (Å²) in [6, 6.07) is 9.37. The lowest BCUT2D eigenvalue weighted by Crippen LogP contribution is -2.44. The number of carbonyl (C=O) groups is 3. The molecule has 2 aliphatic heterocycles. The first-order valence-electron chi connectivity index (χ1n) is 11.6. The van der Waals surface area contributed by atoms with Crippen molar-refractivity contribution in [3.05, 3.63) is 35.9 Å². The van der Waals surface area contributed by atoms with E-state index in [0.29, 0.717) is 19.4 Å². The van der Waals surface area contributed by atoms with Crippen molar-refractivity contribution >= 4 is 27.7 Å². The van der Waals surface area contributed by atoms with Gasteiger partial charge in [-0.15, -0.1) is 0 Å². The van der Waals surface area contributed by atoms with Gasteiger partial charge in [-0.05, 0) is 49.1 Å². The lowest BCUT2D eigenvalue weighted by molar-refractivity contribution is -0.140. The van der Waals surface area contributed by atoms with Crippen molar-refractivity contribution in [2.75, 3.05) is 12.3 Å². The standard InChI is InChI=1S/C14H16N2O2.C10H16O4S/c17-13-11-7-4-8-15-12(11)14(18)16(13)9-10-5-2-1-3-6-10;1-9(2)7-3-4-10(9,8(11)5-7)6-15(12,13)14/h1-3,5-6,11-12,15H,4,7-9H2;7H,3-6H2,1-2H3,(H,12,13,14)/t11-,12+;/m1./s1. The van der Waals surface area contributed by atoms with Crippen LogP contribution in [0.3, 0.4) is 0 Å². The predicted molar refractivity (Wildman–Crippen MR) is 121 cm³/mol. The largest absolute Gasteiger partial charge is 0.305 e. The molecule has 2 unspecified atom stereocenters. The molecule has 8 nitrogen and oxygen atoms in total. The maximum absolute atomic E-state index is 12.2. The molecule has 1 aromatic rings. The summed E-state index contributed by atoms with van der Waals surface area (Å²) < 4.78 is 31.0. The minimum Gasteiger partial charge on any atom is -0.305 e. The molecule has 2 bridgehead atoms. The molecule has 33 heavy (non-hydrogen) atoms. The molecular weight excluding hydrogens is 444 g/mol. The minimum atomic E-state index is -4.08. The zero-order valence-corrected chi connectivity index (χ0v) is 19.9. The molecule has 2 N–H and O–H groups in total. The summed E-state index contributed by atoms with van der Waals surface area (Å²) >= 11 is 0. The van der Waals surface area contributed by atoms with Gasteiger partial charge in [-0.3, -0.25) is 23.8 Å². The van der Waals surface area contributed by atoms with Crippen molar-refractivity contribution in [3.8, 4) is 0 Å². The molecule has 2 aliphatic carbocycles. The maximum Gasteiger partial charge on any atom is 0.265 e. The number of piperidine rings is 1. The van der Waals surface area contributed by atoms with Crippen molar-refractivity contribution in [2.45, 2.75) is 58.5 Å². The normalized spacial score (nSPS) is 32.5. The predicted octanol–water partition coefficient (Wildman–Crippen LogP) is 2.19. The Morgan fingerprint density at radius 2 is 1.79 bits per heavy atom. The van der Waals surface area contributed by atoms with E-state index in [1.165, 1.54) is 4.90 Å². The van der Waals surface area contributed by atoms with Crippen molar-refractivity contribution in [2.24, 2.45) is 22.7 Å². The molecular formula is C24H32N2O6S. The highest BCUT2D eigenvalue weighted by atomic mass is 32.2. The third-order valence-electron chi connectivity index (χ3n) is 8.33. The number of likely N-dealkylation sites (tertiary alicyclic amines) is 1. The van der Waals surface area contributed by atoms with Gasteiger partial charge in [-0.1, -0.05) is 44.2 Å². The number of ketones is 1. The van der Waals surface area contributed by atoms with Crippen LogP contribution in [0.2, 0.25) is 0 Å². The second-order valence-corrected chi connectivity index (χ2v) is 11.8. The highest BCUT2D eigenvalue weighted by molar-refractivity contribution is 7.85. The van der Waals surface area contributed by atoms with Crippen molar-refractivity contribution < 1.29 is 27.4 Å². The van der Waals surface area contributed by atoms with Gasteiger partial charge in [0.2, 0.25) is 11.8 Å². The van der Waals surface area contributed by atoms with E-state index in [-0.39, 0.29) is 40.9 Å². The smallest absolute Gasteiger partial charge is 0.265 e. The number of nitrogens with one attached hydrogen (secondary N) is 1. The number of nitrogens with zero attached hydrogens (tertiary/aromatic N) is 1. The Balaban J connectivity index is 0.000000160. The summed E-state index contributed by atoms with van der Waals surface area (Å²) in [5, 5.41) is 3.16. The van der Waals surface area contributed by atoms with Crippen LogP contribution in [0.4, 0.5) is 0 Å². The monoisotopic (exact) mass is 476 g/mol. The van der Waals surface area contributed by atoms with Crippen LogP contribution in [0.1, 0.15) is 51.5 Å². The summed E-state index contributed by atoms with van der Waals surface area (Å²) in [5.41, 5.74) is -0.122. The van der Waals surface area contributed by atoms with Crippen molar-refractivity contribution in [3.63, 3.8) is 0 Å². The molecule has 2 amide bonds. The first-order valence-corrected chi connectivity index (χ1v) is 13.2. The number of hydrogen-bond acceptors (Lipinski definition) is 6. The van der Waals surface area contributed by atoms with Gasteiger partial charge >= 0.3 is 0 Å². The van der Waals surface area contributed by atoms with Crippen LogP contribution in [0.5, 0.6) is 0 Å². The number of Topliss-reactive ketones (excluding diaryl/α,β-unsaturated/α-hetero) is 1. The van der Waals surface area contributed by atoms with E-state index in [9.17, 15) is 22.8 Å². The summed E-state index contributed by atoms with van der Waals surface area (Å²) in [5.74, 6) is -0.319. The van der Waals surface area contributed by atoms with E-state index < -0.39 is 21.3 Å². The minimum absolute atomic E-state index is 0.0129. The van der Waals surface area contributed by atoms with E-state index in [4.69, 9.17) is 4.55 Å². The fraction of sp³-hybridized carbons (Fsp3) is 0.625. The molecule has 9 heteroatoms. The van der Waals surface area contributed by atoms with Gasteiger partial charge in [-0.25, -0.2) is 0 Å². The van der Waals surface area contributed by atoms with Gasteiger partial charge in [0, 0.05) is 6.42 Å². The van der Waals surface area contributed by atoms with Crippen LogP contribution in [0.15, 0.2) is 30.3 Å².